The number of Topliss-reactive ketones (excluding diaryl/α,β-unsaturated/α-hetero) is 1. The Morgan fingerprint density at radius 1 is 1.04 bits per heavy atom. The number of carbonyl (C=O) groups excluding carboxylic acids is 1. The summed E-state index contributed by atoms with van der Waals surface area (Å²) in [5, 5.41) is 0. The summed E-state index contributed by atoms with van der Waals surface area (Å²) in [6, 6.07) is 16.5. The van der Waals surface area contributed by atoms with Gasteiger partial charge in [-0.2, -0.15) is 0 Å². The zero-order valence-corrected chi connectivity index (χ0v) is 15.0. The van der Waals surface area contributed by atoms with Crippen LogP contribution in [0.2, 0.25) is 0 Å². The lowest BCUT2D eigenvalue weighted by atomic mass is 9.70. The summed E-state index contributed by atoms with van der Waals surface area (Å²) in [5.41, 5.74) is 3.67. The number of rotatable bonds is 3. The number of hydrogen-bond acceptors (Lipinski definition) is 2. The molecule has 4 rings (SSSR count). The zero-order valence-electron chi connectivity index (χ0n) is 13.4. The van der Waals surface area contributed by atoms with Crippen LogP contribution in [0.1, 0.15) is 42.4 Å². The second-order valence-electron chi connectivity index (χ2n) is 6.64. The zero-order chi connectivity index (χ0) is 16.6. The van der Waals surface area contributed by atoms with Crippen LogP contribution in [0.25, 0.3) is 6.08 Å². The highest BCUT2D eigenvalue weighted by atomic mass is 79.9. The van der Waals surface area contributed by atoms with E-state index in [0.29, 0.717) is 25.2 Å². The van der Waals surface area contributed by atoms with Crippen LogP contribution in [-0.2, 0) is 16.8 Å². The minimum atomic E-state index is -0.0324. The van der Waals surface area contributed by atoms with Crippen LogP contribution in [0.4, 0.5) is 0 Å². The summed E-state index contributed by atoms with van der Waals surface area (Å²) < 4.78 is 7.21. The van der Waals surface area contributed by atoms with Gasteiger partial charge in [0.15, 0.2) is 0 Å². The van der Waals surface area contributed by atoms with E-state index in [4.69, 9.17) is 4.74 Å². The molecule has 2 aromatic rings. The molecule has 0 aliphatic heterocycles. The maximum Gasteiger partial charge on any atom is 0.133 e. The lowest BCUT2D eigenvalue weighted by Crippen LogP contribution is -2.30. The molecule has 0 heterocycles. The first-order valence-electron chi connectivity index (χ1n) is 8.38. The Bertz CT molecular complexity index is 798. The standard InChI is InChI=1S/C21H19BrO2/c22-20-12-16-6-7-18(24-14-15-4-2-1-3-5-15)13-19(16)21(20)10-8-17(23)9-11-21/h1-7,12-13H,8-11,14H2. The molecule has 2 aliphatic carbocycles. The van der Waals surface area contributed by atoms with Crippen LogP contribution >= 0.6 is 15.9 Å². The van der Waals surface area contributed by atoms with E-state index in [1.807, 2.05) is 24.3 Å². The monoisotopic (exact) mass is 382 g/mol. The Morgan fingerprint density at radius 2 is 1.79 bits per heavy atom. The molecule has 0 atom stereocenters. The Labute approximate surface area is 150 Å². The molecule has 122 valence electrons. The smallest absolute Gasteiger partial charge is 0.133 e. The van der Waals surface area contributed by atoms with Crippen LogP contribution in [0.15, 0.2) is 53.0 Å². The average molecular weight is 383 g/mol. The highest BCUT2D eigenvalue weighted by molar-refractivity contribution is 9.11. The van der Waals surface area contributed by atoms with Crippen molar-refractivity contribution in [3.63, 3.8) is 0 Å². The molecule has 0 saturated heterocycles. The van der Waals surface area contributed by atoms with Gasteiger partial charge >= 0.3 is 0 Å². The van der Waals surface area contributed by atoms with E-state index in [0.717, 1.165) is 24.2 Å². The van der Waals surface area contributed by atoms with Crippen LogP contribution in [0.3, 0.4) is 0 Å². The summed E-state index contributed by atoms with van der Waals surface area (Å²) in [6.45, 7) is 0.569. The van der Waals surface area contributed by atoms with Crippen molar-refractivity contribution in [3.05, 3.63) is 69.7 Å². The summed E-state index contributed by atoms with van der Waals surface area (Å²) in [5.74, 6) is 1.27. The van der Waals surface area contributed by atoms with Gasteiger partial charge in [-0.3, -0.25) is 4.79 Å². The summed E-state index contributed by atoms with van der Waals surface area (Å²) >= 11 is 3.77. The molecule has 2 aliphatic rings. The number of benzene rings is 2. The Balaban J connectivity index is 1.59. The van der Waals surface area contributed by atoms with Crippen LogP contribution in [0.5, 0.6) is 5.75 Å². The molecule has 0 N–H and O–H groups in total. The molecule has 0 unspecified atom stereocenters. The molecule has 0 radical (unpaired) electrons. The molecule has 2 aromatic carbocycles. The molecule has 1 spiro atoms. The van der Waals surface area contributed by atoms with E-state index in [9.17, 15) is 4.79 Å². The van der Waals surface area contributed by atoms with Crippen molar-refractivity contribution >= 4 is 27.8 Å². The van der Waals surface area contributed by atoms with Gasteiger partial charge in [0.2, 0.25) is 0 Å². The Morgan fingerprint density at radius 3 is 2.54 bits per heavy atom. The van der Waals surface area contributed by atoms with E-state index in [2.05, 4.69) is 46.3 Å². The number of allylic oxidation sites excluding steroid dienone is 1. The van der Waals surface area contributed by atoms with Gasteiger partial charge in [0.25, 0.3) is 0 Å². The fourth-order valence-electron chi connectivity index (χ4n) is 3.77. The third-order valence-electron chi connectivity index (χ3n) is 5.19. The predicted molar refractivity (Wildman–Crippen MR) is 99.3 cm³/mol. The molecular weight excluding hydrogens is 364 g/mol. The van der Waals surface area contributed by atoms with Gasteiger partial charge < -0.3 is 4.74 Å². The topological polar surface area (TPSA) is 26.3 Å². The normalized spacial score (nSPS) is 18.4. The van der Waals surface area contributed by atoms with Gasteiger partial charge in [0.05, 0.1) is 0 Å². The number of fused-ring (bicyclic) bond motifs is 2. The summed E-state index contributed by atoms with van der Waals surface area (Å²) in [6.07, 6.45) is 5.30. The quantitative estimate of drug-likeness (QED) is 0.710. The second-order valence-corrected chi connectivity index (χ2v) is 7.49. The van der Waals surface area contributed by atoms with Gasteiger partial charge in [-0.05, 0) is 47.7 Å². The van der Waals surface area contributed by atoms with E-state index in [1.165, 1.54) is 15.6 Å². The molecule has 24 heavy (non-hydrogen) atoms. The number of ketones is 1. The number of hydrogen-bond donors (Lipinski definition) is 0. The molecule has 0 aromatic heterocycles. The summed E-state index contributed by atoms with van der Waals surface area (Å²) in [7, 11) is 0. The van der Waals surface area contributed by atoms with E-state index >= 15 is 0 Å². The molecule has 0 amide bonds. The van der Waals surface area contributed by atoms with E-state index in [-0.39, 0.29) is 5.41 Å². The molecule has 0 bridgehead atoms. The lowest BCUT2D eigenvalue weighted by Gasteiger charge is -2.35. The fraction of sp³-hybridized carbons (Fsp3) is 0.286. The van der Waals surface area contributed by atoms with Crippen molar-refractivity contribution in [1.82, 2.24) is 0 Å². The third kappa shape index (κ3) is 2.71. The first-order chi connectivity index (χ1) is 11.7. The summed E-state index contributed by atoms with van der Waals surface area (Å²) in [4.78, 5) is 11.7. The average Bonchev–Trinajstić information content (AvgIpc) is 2.88. The van der Waals surface area contributed by atoms with Gasteiger partial charge in [0, 0.05) is 22.7 Å². The van der Waals surface area contributed by atoms with Crippen molar-refractivity contribution in [2.24, 2.45) is 0 Å². The van der Waals surface area contributed by atoms with Crippen molar-refractivity contribution in [2.75, 3.05) is 0 Å². The molecule has 3 heteroatoms. The highest BCUT2D eigenvalue weighted by Crippen LogP contribution is 2.53. The molecular formula is C21H19BrO2. The van der Waals surface area contributed by atoms with E-state index < -0.39 is 0 Å². The van der Waals surface area contributed by atoms with Crippen molar-refractivity contribution < 1.29 is 9.53 Å². The largest absolute Gasteiger partial charge is 0.489 e. The number of halogens is 1. The Hall–Kier alpha value is -1.87. The minimum absolute atomic E-state index is 0.0324. The first kappa shape index (κ1) is 15.6. The molecule has 1 saturated carbocycles. The van der Waals surface area contributed by atoms with E-state index in [1.54, 1.807) is 0 Å². The SMILES string of the molecule is O=C1CCC2(CC1)C(Br)=Cc1ccc(OCc3ccccc3)cc12. The third-order valence-corrected chi connectivity index (χ3v) is 6.18. The van der Waals surface area contributed by atoms with Crippen molar-refractivity contribution in [2.45, 2.75) is 37.7 Å². The second kappa shape index (κ2) is 6.21. The lowest BCUT2D eigenvalue weighted by molar-refractivity contribution is -0.121. The predicted octanol–water partition coefficient (Wildman–Crippen LogP) is 5.40. The molecule has 1 fully saturated rings. The van der Waals surface area contributed by atoms with Crippen LogP contribution in [-0.4, -0.2) is 5.78 Å². The first-order valence-corrected chi connectivity index (χ1v) is 9.17. The van der Waals surface area contributed by atoms with Gasteiger partial charge in [-0.1, -0.05) is 52.3 Å². The maximum atomic E-state index is 11.7. The fourth-order valence-corrected chi connectivity index (χ4v) is 4.63. The highest BCUT2D eigenvalue weighted by Gasteiger charge is 2.43. The van der Waals surface area contributed by atoms with Crippen molar-refractivity contribution in [3.8, 4) is 5.75 Å². The Kier molecular flexibility index (Phi) is 4.05. The van der Waals surface area contributed by atoms with Gasteiger partial charge in [-0.15, -0.1) is 0 Å². The van der Waals surface area contributed by atoms with Gasteiger partial charge in [0.1, 0.15) is 18.1 Å². The minimum Gasteiger partial charge on any atom is -0.489 e. The van der Waals surface area contributed by atoms with Crippen LogP contribution < -0.4 is 4.74 Å². The van der Waals surface area contributed by atoms with Crippen molar-refractivity contribution in [1.29, 1.82) is 0 Å². The number of ether oxygens (including phenoxy) is 1. The van der Waals surface area contributed by atoms with Crippen LogP contribution in [0, 0.1) is 0 Å². The number of carbonyl (C=O) groups is 1. The molecule has 2 nitrogen and oxygen atoms in total. The maximum absolute atomic E-state index is 11.7. The van der Waals surface area contributed by atoms with Gasteiger partial charge in [-0.25, -0.2) is 0 Å².